The van der Waals surface area contributed by atoms with Gasteiger partial charge in [-0.3, -0.25) is 14.4 Å². The topological polar surface area (TPSA) is 123 Å². The van der Waals surface area contributed by atoms with Crippen LogP contribution in [-0.2, 0) is 21.2 Å². The predicted octanol–water partition coefficient (Wildman–Crippen LogP) is 2.88. The summed E-state index contributed by atoms with van der Waals surface area (Å²) in [6.07, 6.45) is 2.69. The monoisotopic (exact) mass is 456 g/mol. The van der Waals surface area contributed by atoms with Crippen molar-refractivity contribution in [1.29, 1.82) is 0 Å². The van der Waals surface area contributed by atoms with Crippen molar-refractivity contribution >= 4 is 27.5 Å². The summed E-state index contributed by atoms with van der Waals surface area (Å²) in [6.45, 7) is 3.43. The molecule has 0 saturated heterocycles. The molecule has 170 valence electrons. The van der Waals surface area contributed by atoms with Crippen LogP contribution in [0.25, 0.3) is 0 Å². The number of aryl methyl sites for hydroxylation is 1. The van der Waals surface area contributed by atoms with Crippen LogP contribution in [0.1, 0.15) is 59.4 Å². The molecule has 1 atom stereocenters. The van der Waals surface area contributed by atoms with Crippen LogP contribution in [0.2, 0.25) is 0 Å². The standard InChI is InChI=1S/C24H28N2O5S/c1-15(2)21(24(25)29)26-32(30,31)17-13-11-16(12-14-17)7-3-4-10-20-22(27)18-8-5-6-9-19(18)23(20)28/h5-6,8-9,11-15,20-21,26H,3-4,7,10H2,1-2H3,(H2,25,29). The Balaban J connectivity index is 1.53. The zero-order valence-corrected chi connectivity index (χ0v) is 19.0. The van der Waals surface area contributed by atoms with E-state index < -0.39 is 27.9 Å². The normalized spacial score (nSPS) is 15.2. The van der Waals surface area contributed by atoms with E-state index in [1.165, 1.54) is 12.1 Å². The number of sulfonamides is 1. The number of unbranched alkanes of at least 4 members (excludes halogenated alkanes) is 1. The number of nitrogens with one attached hydrogen (secondary N) is 1. The fourth-order valence-electron chi connectivity index (χ4n) is 3.94. The molecule has 2 aromatic rings. The fraction of sp³-hybridized carbons (Fsp3) is 0.375. The first-order chi connectivity index (χ1) is 15.1. The lowest BCUT2D eigenvalue weighted by molar-refractivity contribution is -0.120. The van der Waals surface area contributed by atoms with E-state index in [1.54, 1.807) is 50.2 Å². The largest absolute Gasteiger partial charge is 0.368 e. The Labute approximate surface area is 188 Å². The third-order valence-electron chi connectivity index (χ3n) is 5.79. The van der Waals surface area contributed by atoms with Crippen LogP contribution in [0.3, 0.4) is 0 Å². The van der Waals surface area contributed by atoms with Gasteiger partial charge in [-0.05, 0) is 42.9 Å². The van der Waals surface area contributed by atoms with Gasteiger partial charge in [-0.15, -0.1) is 0 Å². The van der Waals surface area contributed by atoms with E-state index in [-0.39, 0.29) is 22.4 Å². The van der Waals surface area contributed by atoms with E-state index >= 15 is 0 Å². The lowest BCUT2D eigenvalue weighted by atomic mass is 9.95. The molecule has 0 aromatic heterocycles. The molecule has 1 unspecified atom stereocenters. The highest BCUT2D eigenvalue weighted by atomic mass is 32.2. The highest BCUT2D eigenvalue weighted by Crippen LogP contribution is 2.30. The average molecular weight is 457 g/mol. The van der Waals surface area contributed by atoms with E-state index in [0.717, 1.165) is 12.0 Å². The maximum Gasteiger partial charge on any atom is 0.241 e. The Bertz CT molecular complexity index is 1090. The number of benzene rings is 2. The first-order valence-corrected chi connectivity index (χ1v) is 12.2. The molecule has 32 heavy (non-hydrogen) atoms. The van der Waals surface area contributed by atoms with Gasteiger partial charge < -0.3 is 5.73 Å². The minimum absolute atomic E-state index is 0.0630. The smallest absolute Gasteiger partial charge is 0.241 e. The maximum absolute atomic E-state index is 12.5. The molecule has 1 aliphatic carbocycles. The maximum atomic E-state index is 12.5. The molecule has 0 fully saturated rings. The van der Waals surface area contributed by atoms with Crippen molar-refractivity contribution in [3.05, 3.63) is 65.2 Å². The van der Waals surface area contributed by atoms with E-state index in [0.29, 0.717) is 30.4 Å². The van der Waals surface area contributed by atoms with Crippen molar-refractivity contribution in [2.45, 2.75) is 50.5 Å². The number of carbonyl (C=O) groups is 3. The van der Waals surface area contributed by atoms with Crippen molar-refractivity contribution in [2.24, 2.45) is 17.6 Å². The highest BCUT2D eigenvalue weighted by Gasteiger charge is 2.37. The van der Waals surface area contributed by atoms with E-state index in [4.69, 9.17) is 5.73 Å². The van der Waals surface area contributed by atoms with Crippen LogP contribution in [0.4, 0.5) is 0 Å². The van der Waals surface area contributed by atoms with Crippen LogP contribution < -0.4 is 10.5 Å². The highest BCUT2D eigenvalue weighted by molar-refractivity contribution is 7.89. The quantitative estimate of drug-likeness (QED) is 0.420. The van der Waals surface area contributed by atoms with Gasteiger partial charge >= 0.3 is 0 Å². The van der Waals surface area contributed by atoms with Crippen molar-refractivity contribution in [1.82, 2.24) is 4.72 Å². The molecule has 1 aliphatic rings. The Morgan fingerprint density at radius 3 is 2.03 bits per heavy atom. The number of ketones is 2. The number of fused-ring (bicyclic) bond motifs is 1. The molecule has 8 heteroatoms. The van der Waals surface area contributed by atoms with E-state index in [9.17, 15) is 22.8 Å². The molecule has 0 heterocycles. The van der Waals surface area contributed by atoms with Crippen LogP contribution in [0.15, 0.2) is 53.4 Å². The van der Waals surface area contributed by atoms with Crippen LogP contribution in [0, 0.1) is 11.8 Å². The number of primary amides is 1. The summed E-state index contributed by atoms with van der Waals surface area (Å²) in [5.41, 5.74) is 7.28. The van der Waals surface area contributed by atoms with Gasteiger partial charge in [0.05, 0.1) is 10.8 Å². The summed E-state index contributed by atoms with van der Waals surface area (Å²) in [7, 11) is -3.87. The molecular weight excluding hydrogens is 428 g/mol. The number of nitrogens with two attached hydrogens (primary N) is 1. The molecule has 0 radical (unpaired) electrons. The van der Waals surface area contributed by atoms with Crippen LogP contribution >= 0.6 is 0 Å². The number of amides is 1. The minimum atomic E-state index is -3.87. The zero-order chi connectivity index (χ0) is 23.5. The van der Waals surface area contributed by atoms with Gasteiger partial charge in [0.2, 0.25) is 15.9 Å². The molecular formula is C24H28N2O5S. The Hall–Kier alpha value is -2.84. The van der Waals surface area contributed by atoms with E-state index in [2.05, 4.69) is 4.72 Å². The molecule has 0 saturated carbocycles. The second-order valence-electron chi connectivity index (χ2n) is 8.46. The van der Waals surface area contributed by atoms with Crippen molar-refractivity contribution < 1.29 is 22.8 Å². The summed E-state index contributed by atoms with van der Waals surface area (Å²) in [4.78, 5) is 36.5. The number of Topliss-reactive ketones (excluding diaryl/α,β-unsaturated/α-hetero) is 2. The van der Waals surface area contributed by atoms with Crippen molar-refractivity contribution in [3.8, 4) is 0 Å². The molecule has 1 amide bonds. The average Bonchev–Trinajstić information content (AvgIpc) is 3.00. The second kappa shape index (κ2) is 9.75. The van der Waals surface area contributed by atoms with Crippen molar-refractivity contribution in [3.63, 3.8) is 0 Å². The summed E-state index contributed by atoms with van der Waals surface area (Å²) >= 11 is 0. The Kier molecular flexibility index (Phi) is 7.26. The van der Waals surface area contributed by atoms with Gasteiger partial charge in [-0.2, -0.15) is 4.72 Å². The molecule has 3 N–H and O–H groups in total. The first kappa shape index (κ1) is 23.8. The minimum Gasteiger partial charge on any atom is -0.368 e. The van der Waals surface area contributed by atoms with Crippen molar-refractivity contribution in [2.75, 3.05) is 0 Å². The number of hydrogen-bond acceptors (Lipinski definition) is 5. The number of carbonyl (C=O) groups excluding carboxylic acids is 3. The number of hydrogen-bond donors (Lipinski definition) is 2. The first-order valence-electron chi connectivity index (χ1n) is 10.7. The van der Waals surface area contributed by atoms with Gasteiger partial charge in [0, 0.05) is 11.1 Å². The predicted molar refractivity (Wildman–Crippen MR) is 121 cm³/mol. The molecule has 0 aliphatic heterocycles. The lowest BCUT2D eigenvalue weighted by Gasteiger charge is -2.19. The zero-order valence-electron chi connectivity index (χ0n) is 18.2. The van der Waals surface area contributed by atoms with Gasteiger partial charge in [0.15, 0.2) is 11.6 Å². The van der Waals surface area contributed by atoms with Gasteiger partial charge in [-0.1, -0.05) is 56.7 Å². The van der Waals surface area contributed by atoms with Crippen LogP contribution in [0.5, 0.6) is 0 Å². The lowest BCUT2D eigenvalue weighted by Crippen LogP contribution is -2.47. The molecule has 7 nitrogen and oxygen atoms in total. The second-order valence-corrected chi connectivity index (χ2v) is 10.2. The molecule has 0 spiro atoms. The van der Waals surface area contributed by atoms with Gasteiger partial charge in [-0.25, -0.2) is 8.42 Å². The molecule has 0 bridgehead atoms. The van der Waals surface area contributed by atoms with Gasteiger partial charge in [0.1, 0.15) is 6.04 Å². The summed E-state index contributed by atoms with van der Waals surface area (Å²) in [5, 5.41) is 0. The number of rotatable bonds is 10. The third-order valence-corrected chi connectivity index (χ3v) is 7.25. The SMILES string of the molecule is CC(C)C(NS(=O)(=O)c1ccc(CCCCC2C(=O)c3ccccc3C2=O)cc1)C(N)=O. The molecule has 3 rings (SSSR count). The summed E-state index contributed by atoms with van der Waals surface area (Å²) < 4.78 is 27.4. The summed E-state index contributed by atoms with van der Waals surface area (Å²) in [5.74, 6) is -1.77. The summed E-state index contributed by atoms with van der Waals surface area (Å²) in [6, 6.07) is 12.4. The molecule has 2 aromatic carbocycles. The fourth-order valence-corrected chi connectivity index (χ4v) is 5.29. The van der Waals surface area contributed by atoms with Gasteiger partial charge in [0.25, 0.3) is 0 Å². The third kappa shape index (κ3) is 5.14. The Morgan fingerprint density at radius 1 is 0.969 bits per heavy atom. The van der Waals surface area contributed by atoms with E-state index in [1.807, 2.05) is 0 Å². The Morgan fingerprint density at radius 2 is 1.53 bits per heavy atom. The van der Waals surface area contributed by atoms with Crippen LogP contribution in [-0.4, -0.2) is 31.9 Å².